The monoisotopic (exact) mass is 877 g/mol. The number of carbonyl (C=O) groups excluding carboxylic acids is 3. The first-order valence-electron chi connectivity index (χ1n) is 27.8. The molecule has 0 amide bonds. The van der Waals surface area contributed by atoms with Crippen LogP contribution in [0.3, 0.4) is 0 Å². The zero-order chi connectivity index (χ0) is 45.4. The van der Waals surface area contributed by atoms with Crippen LogP contribution in [-0.4, -0.2) is 37.2 Å². The molecule has 0 rings (SSSR count). The van der Waals surface area contributed by atoms with Crippen molar-refractivity contribution in [1.82, 2.24) is 0 Å². The molecule has 0 N–H and O–H groups in total. The molecule has 62 heavy (non-hydrogen) atoms. The standard InChI is InChI=1S/C56H108O6/c1-6-8-9-34-43-48-56(59)62-53(50-61-55(58)47-42-38-33-29-25-21-17-16-19-23-27-31-36-40-45-52(5)7-2)49-60-54(57)46-41-37-32-28-24-20-15-13-11-10-12-14-18-22-26-30-35-39-44-51(3)4/h51-53H,6-50H2,1-5H3/t52?,53-/m1/s1. The lowest BCUT2D eigenvalue weighted by molar-refractivity contribution is -0.167. The molecule has 0 heterocycles. The molecule has 6 nitrogen and oxygen atoms in total. The van der Waals surface area contributed by atoms with Gasteiger partial charge in [0.1, 0.15) is 13.2 Å². The van der Waals surface area contributed by atoms with Gasteiger partial charge in [-0.3, -0.25) is 14.4 Å². The van der Waals surface area contributed by atoms with E-state index in [1.165, 1.54) is 193 Å². The van der Waals surface area contributed by atoms with Crippen LogP contribution in [0.1, 0.15) is 311 Å². The topological polar surface area (TPSA) is 78.9 Å². The highest BCUT2D eigenvalue weighted by Gasteiger charge is 2.19. The molecule has 0 saturated heterocycles. The fourth-order valence-corrected chi connectivity index (χ4v) is 8.49. The van der Waals surface area contributed by atoms with Gasteiger partial charge < -0.3 is 14.2 Å². The normalized spacial score (nSPS) is 12.5. The Morgan fingerprint density at radius 1 is 0.339 bits per heavy atom. The molecule has 1 unspecified atom stereocenters. The van der Waals surface area contributed by atoms with Gasteiger partial charge in [-0.05, 0) is 31.1 Å². The summed E-state index contributed by atoms with van der Waals surface area (Å²) >= 11 is 0. The van der Waals surface area contributed by atoms with E-state index in [-0.39, 0.29) is 31.1 Å². The van der Waals surface area contributed by atoms with Gasteiger partial charge in [0.05, 0.1) is 0 Å². The number of rotatable bonds is 50. The third-order valence-electron chi connectivity index (χ3n) is 13.1. The Kier molecular flexibility index (Phi) is 47.6. The van der Waals surface area contributed by atoms with Crippen molar-refractivity contribution in [2.75, 3.05) is 13.2 Å². The molecule has 0 aromatic heterocycles. The van der Waals surface area contributed by atoms with Gasteiger partial charge in [0.2, 0.25) is 0 Å². The number of unbranched alkanes of at least 4 members (excludes halogenated alkanes) is 34. The fraction of sp³-hybridized carbons (Fsp3) is 0.946. The van der Waals surface area contributed by atoms with E-state index >= 15 is 0 Å². The molecule has 0 bridgehead atoms. The Morgan fingerprint density at radius 2 is 0.613 bits per heavy atom. The lowest BCUT2D eigenvalue weighted by atomic mass is 9.99. The Hall–Kier alpha value is -1.59. The van der Waals surface area contributed by atoms with Crippen LogP contribution in [0.5, 0.6) is 0 Å². The molecule has 0 aliphatic rings. The SMILES string of the molecule is CCCCCCCC(=O)O[C@H](COC(=O)CCCCCCCCCCCCCCCCCCCCC(C)C)COC(=O)CCCCCCCCCCCCCCCCC(C)CC. The average molecular weight is 877 g/mol. The van der Waals surface area contributed by atoms with E-state index in [4.69, 9.17) is 14.2 Å². The van der Waals surface area contributed by atoms with Gasteiger partial charge in [-0.15, -0.1) is 0 Å². The summed E-state index contributed by atoms with van der Waals surface area (Å²) in [6, 6.07) is 0. The number of hydrogen-bond acceptors (Lipinski definition) is 6. The van der Waals surface area contributed by atoms with Crippen LogP contribution in [0.15, 0.2) is 0 Å². The summed E-state index contributed by atoms with van der Waals surface area (Å²) in [5, 5.41) is 0. The number of esters is 3. The first-order chi connectivity index (χ1) is 30.3. The zero-order valence-electron chi connectivity index (χ0n) is 42.5. The summed E-state index contributed by atoms with van der Waals surface area (Å²) in [7, 11) is 0. The summed E-state index contributed by atoms with van der Waals surface area (Å²) in [5.74, 6) is 0.896. The first kappa shape index (κ1) is 60.4. The first-order valence-corrected chi connectivity index (χ1v) is 27.8. The maximum atomic E-state index is 12.6. The van der Waals surface area contributed by atoms with Crippen LogP contribution in [-0.2, 0) is 28.6 Å². The summed E-state index contributed by atoms with van der Waals surface area (Å²) in [6.07, 6.45) is 51.3. The second-order valence-electron chi connectivity index (χ2n) is 19.9. The maximum Gasteiger partial charge on any atom is 0.306 e. The lowest BCUT2D eigenvalue weighted by Gasteiger charge is -2.18. The third kappa shape index (κ3) is 47.9. The molecule has 0 spiro atoms. The third-order valence-corrected chi connectivity index (χ3v) is 13.1. The molecule has 0 aliphatic carbocycles. The predicted octanol–water partition coefficient (Wildman–Crippen LogP) is 18.1. The van der Waals surface area contributed by atoms with Gasteiger partial charge in [0, 0.05) is 19.3 Å². The highest BCUT2D eigenvalue weighted by Crippen LogP contribution is 2.18. The van der Waals surface area contributed by atoms with Crippen molar-refractivity contribution in [3.8, 4) is 0 Å². The molecule has 2 atom stereocenters. The average Bonchev–Trinajstić information content (AvgIpc) is 3.26. The van der Waals surface area contributed by atoms with E-state index in [0.29, 0.717) is 19.3 Å². The molecule has 0 aromatic carbocycles. The van der Waals surface area contributed by atoms with Crippen molar-refractivity contribution in [3.63, 3.8) is 0 Å². The minimum atomic E-state index is -0.760. The van der Waals surface area contributed by atoms with Crippen LogP contribution in [0.25, 0.3) is 0 Å². The zero-order valence-corrected chi connectivity index (χ0v) is 42.5. The quantitative estimate of drug-likeness (QED) is 0.0344. The Labute approximate surface area is 387 Å². The Balaban J connectivity index is 4.00. The highest BCUT2D eigenvalue weighted by atomic mass is 16.6. The summed E-state index contributed by atoms with van der Waals surface area (Å²) < 4.78 is 16.7. The second kappa shape index (κ2) is 48.9. The molecule has 0 aliphatic heterocycles. The molecule has 0 aromatic rings. The minimum Gasteiger partial charge on any atom is -0.462 e. The van der Waals surface area contributed by atoms with E-state index < -0.39 is 6.10 Å². The fourth-order valence-electron chi connectivity index (χ4n) is 8.49. The largest absolute Gasteiger partial charge is 0.462 e. The second-order valence-corrected chi connectivity index (χ2v) is 19.9. The van der Waals surface area contributed by atoms with Crippen molar-refractivity contribution >= 4 is 17.9 Å². The van der Waals surface area contributed by atoms with Crippen molar-refractivity contribution in [1.29, 1.82) is 0 Å². The Bertz CT molecular complexity index is 949. The number of ether oxygens (including phenoxy) is 3. The maximum absolute atomic E-state index is 12.6. The summed E-state index contributed by atoms with van der Waals surface area (Å²) in [6.45, 7) is 11.4. The Morgan fingerprint density at radius 3 is 0.919 bits per heavy atom. The van der Waals surface area contributed by atoms with Gasteiger partial charge in [-0.1, -0.05) is 272 Å². The smallest absolute Gasteiger partial charge is 0.306 e. The van der Waals surface area contributed by atoms with E-state index in [1.54, 1.807) is 0 Å². The summed E-state index contributed by atoms with van der Waals surface area (Å²) in [5.41, 5.74) is 0. The van der Waals surface area contributed by atoms with Crippen LogP contribution >= 0.6 is 0 Å². The van der Waals surface area contributed by atoms with Gasteiger partial charge in [-0.2, -0.15) is 0 Å². The molecule has 368 valence electrons. The van der Waals surface area contributed by atoms with E-state index in [9.17, 15) is 14.4 Å². The van der Waals surface area contributed by atoms with E-state index in [0.717, 1.165) is 76.0 Å². The van der Waals surface area contributed by atoms with Gasteiger partial charge in [-0.25, -0.2) is 0 Å². The van der Waals surface area contributed by atoms with Crippen molar-refractivity contribution in [2.24, 2.45) is 11.8 Å². The highest BCUT2D eigenvalue weighted by molar-refractivity contribution is 5.71. The molecule has 0 fully saturated rings. The van der Waals surface area contributed by atoms with Gasteiger partial charge >= 0.3 is 17.9 Å². The summed E-state index contributed by atoms with van der Waals surface area (Å²) in [4.78, 5) is 37.7. The number of hydrogen-bond donors (Lipinski definition) is 0. The van der Waals surface area contributed by atoms with Gasteiger partial charge in [0.25, 0.3) is 0 Å². The predicted molar refractivity (Wildman–Crippen MR) is 266 cm³/mol. The van der Waals surface area contributed by atoms with Crippen LogP contribution < -0.4 is 0 Å². The van der Waals surface area contributed by atoms with Crippen LogP contribution in [0.4, 0.5) is 0 Å². The van der Waals surface area contributed by atoms with Crippen LogP contribution in [0.2, 0.25) is 0 Å². The minimum absolute atomic E-state index is 0.0646. The van der Waals surface area contributed by atoms with Crippen molar-refractivity contribution in [3.05, 3.63) is 0 Å². The van der Waals surface area contributed by atoms with E-state index in [1.807, 2.05) is 0 Å². The van der Waals surface area contributed by atoms with E-state index in [2.05, 4.69) is 34.6 Å². The molecule has 6 heteroatoms. The lowest BCUT2D eigenvalue weighted by Crippen LogP contribution is -2.30. The molecule has 0 saturated carbocycles. The van der Waals surface area contributed by atoms with Crippen molar-refractivity contribution < 1.29 is 28.6 Å². The van der Waals surface area contributed by atoms with Crippen molar-refractivity contribution in [2.45, 2.75) is 317 Å². The molecular formula is C56H108O6. The molecule has 0 radical (unpaired) electrons. The van der Waals surface area contributed by atoms with Crippen LogP contribution in [0, 0.1) is 11.8 Å². The van der Waals surface area contributed by atoms with Gasteiger partial charge in [0.15, 0.2) is 6.10 Å². The number of carbonyl (C=O) groups is 3. The molecular weight excluding hydrogens is 769 g/mol.